The van der Waals surface area contributed by atoms with Gasteiger partial charge in [-0.2, -0.15) is 0 Å². The number of furan rings is 1. The Morgan fingerprint density at radius 1 is 1.33 bits per heavy atom. The van der Waals surface area contributed by atoms with Crippen molar-refractivity contribution in [1.82, 2.24) is 15.1 Å². The lowest BCUT2D eigenvalue weighted by Gasteiger charge is -2.32. The summed E-state index contributed by atoms with van der Waals surface area (Å²) in [7, 11) is 5.66. The number of nitrogens with one attached hydrogen (secondary N) is 1. The molecule has 1 aromatic carbocycles. The zero-order valence-electron chi connectivity index (χ0n) is 16.8. The summed E-state index contributed by atoms with van der Waals surface area (Å²) in [6.45, 7) is 5.84. The van der Waals surface area contributed by atoms with E-state index >= 15 is 0 Å². The van der Waals surface area contributed by atoms with Gasteiger partial charge in [-0.3, -0.25) is 4.99 Å². The highest BCUT2D eigenvalue weighted by Gasteiger charge is 2.19. The number of guanidine groups is 1. The first-order valence-corrected chi connectivity index (χ1v) is 9.80. The number of nitrogens with zero attached hydrogens (tertiary/aromatic N) is 3. The SMILES string of the molecule is CN=C(NCC1CCN(CCOC)CC1)N(C)Cc1cc2ccccc2o1. The van der Waals surface area contributed by atoms with Crippen LogP contribution < -0.4 is 5.32 Å². The minimum atomic E-state index is 0.695. The number of aliphatic imine (C=N–C) groups is 1. The van der Waals surface area contributed by atoms with Crippen LogP contribution in [0.15, 0.2) is 39.7 Å². The van der Waals surface area contributed by atoms with Gasteiger partial charge in [0.15, 0.2) is 5.96 Å². The molecule has 1 aromatic heterocycles. The summed E-state index contributed by atoms with van der Waals surface area (Å²) in [6.07, 6.45) is 2.45. The molecular formula is C21H32N4O2. The highest BCUT2D eigenvalue weighted by Crippen LogP contribution is 2.20. The fraction of sp³-hybridized carbons (Fsp3) is 0.571. The van der Waals surface area contributed by atoms with Gasteiger partial charge < -0.3 is 24.3 Å². The van der Waals surface area contributed by atoms with Crippen LogP contribution in [0.1, 0.15) is 18.6 Å². The van der Waals surface area contributed by atoms with Crippen LogP contribution in [0.4, 0.5) is 0 Å². The second kappa shape index (κ2) is 9.76. The highest BCUT2D eigenvalue weighted by atomic mass is 16.5. The van der Waals surface area contributed by atoms with Crippen LogP contribution in [-0.4, -0.2) is 69.8 Å². The van der Waals surface area contributed by atoms with Gasteiger partial charge in [0.2, 0.25) is 0 Å². The number of ether oxygens (including phenoxy) is 1. The molecule has 1 saturated heterocycles. The average Bonchev–Trinajstić information content (AvgIpc) is 3.10. The minimum Gasteiger partial charge on any atom is -0.459 e. The van der Waals surface area contributed by atoms with Gasteiger partial charge in [0, 0.05) is 39.7 Å². The third-order valence-corrected chi connectivity index (χ3v) is 5.31. The summed E-state index contributed by atoms with van der Waals surface area (Å²) in [5.41, 5.74) is 0.934. The lowest BCUT2D eigenvalue weighted by molar-refractivity contribution is 0.120. The van der Waals surface area contributed by atoms with E-state index in [1.54, 1.807) is 7.11 Å². The summed E-state index contributed by atoms with van der Waals surface area (Å²) in [5, 5.41) is 4.68. The predicted molar refractivity (Wildman–Crippen MR) is 110 cm³/mol. The molecule has 1 fully saturated rings. The van der Waals surface area contributed by atoms with Crippen LogP contribution in [0.25, 0.3) is 11.0 Å². The van der Waals surface area contributed by atoms with Gasteiger partial charge in [-0.05, 0) is 44.0 Å². The number of benzene rings is 1. The van der Waals surface area contributed by atoms with Gasteiger partial charge in [0.25, 0.3) is 0 Å². The summed E-state index contributed by atoms with van der Waals surface area (Å²) in [5.74, 6) is 2.56. The largest absolute Gasteiger partial charge is 0.459 e. The second-order valence-electron chi connectivity index (χ2n) is 7.31. The van der Waals surface area contributed by atoms with E-state index < -0.39 is 0 Å². The molecule has 148 valence electrons. The van der Waals surface area contributed by atoms with Gasteiger partial charge in [-0.1, -0.05) is 18.2 Å². The molecule has 0 saturated carbocycles. The quantitative estimate of drug-likeness (QED) is 0.598. The maximum Gasteiger partial charge on any atom is 0.193 e. The van der Waals surface area contributed by atoms with E-state index in [4.69, 9.17) is 9.15 Å². The van der Waals surface area contributed by atoms with Crippen molar-refractivity contribution in [3.05, 3.63) is 36.1 Å². The van der Waals surface area contributed by atoms with Crippen LogP contribution in [0, 0.1) is 5.92 Å². The lowest BCUT2D eigenvalue weighted by atomic mass is 9.97. The molecular weight excluding hydrogens is 340 g/mol. The van der Waals surface area contributed by atoms with Gasteiger partial charge in [-0.15, -0.1) is 0 Å². The van der Waals surface area contributed by atoms with Gasteiger partial charge in [0.05, 0.1) is 13.2 Å². The normalized spacial score (nSPS) is 16.8. The topological polar surface area (TPSA) is 53.2 Å². The standard InChI is InChI=1S/C21H32N4O2/c1-22-21(23-15-17-8-10-25(11-9-17)12-13-26-3)24(2)16-19-14-18-6-4-5-7-20(18)27-19/h4-7,14,17H,8-13,15-16H2,1-3H3,(H,22,23). The monoisotopic (exact) mass is 372 g/mol. The van der Waals surface area contributed by atoms with Crippen molar-refractivity contribution in [1.29, 1.82) is 0 Å². The molecule has 1 aliphatic rings. The molecule has 0 radical (unpaired) electrons. The number of likely N-dealkylation sites (tertiary alicyclic amines) is 1. The van der Waals surface area contributed by atoms with Crippen LogP contribution in [0.3, 0.4) is 0 Å². The smallest absolute Gasteiger partial charge is 0.193 e. The number of para-hydroxylation sites is 1. The Morgan fingerprint density at radius 3 is 2.81 bits per heavy atom. The number of rotatable bonds is 7. The van der Waals surface area contributed by atoms with Crippen molar-refractivity contribution in [2.24, 2.45) is 10.9 Å². The maximum absolute atomic E-state index is 5.93. The molecule has 27 heavy (non-hydrogen) atoms. The van der Waals surface area contributed by atoms with E-state index in [1.165, 1.54) is 12.8 Å². The molecule has 0 unspecified atom stereocenters. The van der Waals surface area contributed by atoms with Gasteiger partial charge in [-0.25, -0.2) is 0 Å². The molecule has 0 aliphatic carbocycles. The molecule has 0 amide bonds. The van der Waals surface area contributed by atoms with E-state index in [0.717, 1.165) is 55.5 Å². The molecule has 6 heteroatoms. The summed E-state index contributed by atoms with van der Waals surface area (Å²) in [4.78, 5) is 9.05. The van der Waals surface area contributed by atoms with E-state index in [9.17, 15) is 0 Å². The first kappa shape index (κ1) is 19.7. The fourth-order valence-electron chi connectivity index (χ4n) is 3.68. The fourth-order valence-corrected chi connectivity index (χ4v) is 3.68. The third-order valence-electron chi connectivity index (χ3n) is 5.31. The predicted octanol–water partition coefficient (Wildman–Crippen LogP) is 2.80. The van der Waals surface area contributed by atoms with E-state index in [1.807, 2.05) is 25.2 Å². The maximum atomic E-state index is 5.93. The number of piperidine rings is 1. The first-order valence-electron chi connectivity index (χ1n) is 9.80. The Bertz CT molecular complexity index is 702. The Labute approximate surface area is 162 Å². The molecule has 0 bridgehead atoms. The van der Waals surface area contributed by atoms with Crippen molar-refractivity contribution in [2.45, 2.75) is 19.4 Å². The van der Waals surface area contributed by atoms with Crippen molar-refractivity contribution in [3.8, 4) is 0 Å². The van der Waals surface area contributed by atoms with Crippen LogP contribution in [0.2, 0.25) is 0 Å². The van der Waals surface area contributed by atoms with Gasteiger partial charge >= 0.3 is 0 Å². The number of hydrogen-bond acceptors (Lipinski definition) is 4. The van der Waals surface area contributed by atoms with Crippen molar-refractivity contribution in [3.63, 3.8) is 0 Å². The Hall–Kier alpha value is -2.05. The van der Waals surface area contributed by atoms with Crippen molar-refractivity contribution in [2.75, 3.05) is 54.0 Å². The molecule has 1 aliphatic heterocycles. The second-order valence-corrected chi connectivity index (χ2v) is 7.31. The van der Waals surface area contributed by atoms with Crippen LogP contribution in [-0.2, 0) is 11.3 Å². The van der Waals surface area contributed by atoms with Crippen LogP contribution in [0.5, 0.6) is 0 Å². The lowest BCUT2D eigenvalue weighted by Crippen LogP contribution is -2.43. The highest BCUT2D eigenvalue weighted by molar-refractivity contribution is 5.80. The third kappa shape index (κ3) is 5.47. The van der Waals surface area contributed by atoms with E-state index in [2.05, 4.69) is 39.3 Å². The van der Waals surface area contributed by atoms with Gasteiger partial charge in [0.1, 0.15) is 11.3 Å². The van der Waals surface area contributed by atoms with Crippen molar-refractivity contribution < 1.29 is 9.15 Å². The van der Waals surface area contributed by atoms with E-state index in [0.29, 0.717) is 12.5 Å². The number of methoxy groups -OCH3 is 1. The summed E-state index contributed by atoms with van der Waals surface area (Å²) < 4.78 is 11.1. The number of hydrogen-bond donors (Lipinski definition) is 1. The summed E-state index contributed by atoms with van der Waals surface area (Å²) >= 11 is 0. The number of fused-ring (bicyclic) bond motifs is 1. The van der Waals surface area contributed by atoms with Crippen molar-refractivity contribution >= 4 is 16.9 Å². The molecule has 0 atom stereocenters. The minimum absolute atomic E-state index is 0.695. The zero-order chi connectivity index (χ0) is 19.1. The Morgan fingerprint density at radius 2 is 2.11 bits per heavy atom. The zero-order valence-corrected chi connectivity index (χ0v) is 16.8. The average molecular weight is 373 g/mol. The Kier molecular flexibility index (Phi) is 7.12. The first-order chi connectivity index (χ1) is 13.2. The molecule has 0 spiro atoms. The molecule has 1 N–H and O–H groups in total. The Balaban J connectivity index is 1.46. The summed E-state index contributed by atoms with van der Waals surface area (Å²) in [6, 6.07) is 10.2. The molecule has 6 nitrogen and oxygen atoms in total. The molecule has 2 aromatic rings. The van der Waals surface area contributed by atoms with E-state index in [-0.39, 0.29) is 0 Å². The molecule has 3 rings (SSSR count). The van der Waals surface area contributed by atoms with Crippen LogP contribution >= 0.6 is 0 Å². The molecule has 2 heterocycles.